The van der Waals surface area contributed by atoms with E-state index in [2.05, 4.69) is 20.8 Å². The summed E-state index contributed by atoms with van der Waals surface area (Å²) in [6, 6.07) is 17.3. The molecule has 0 saturated carbocycles. The molecule has 1 saturated heterocycles. The predicted molar refractivity (Wildman–Crippen MR) is 96.7 cm³/mol. The highest BCUT2D eigenvalue weighted by Crippen LogP contribution is 2.29. The zero-order chi connectivity index (χ0) is 19.7. The summed E-state index contributed by atoms with van der Waals surface area (Å²) in [5.41, 5.74) is 0.568. The Balaban J connectivity index is 1.62. The first-order chi connectivity index (χ1) is 13.5. The molecule has 138 valence electrons. The van der Waals surface area contributed by atoms with E-state index in [9.17, 15) is 9.59 Å². The van der Waals surface area contributed by atoms with Gasteiger partial charge < -0.3 is 5.32 Å². The first-order valence-corrected chi connectivity index (χ1v) is 8.50. The Hall–Kier alpha value is -4.06. The van der Waals surface area contributed by atoms with Crippen LogP contribution in [0, 0.1) is 11.3 Å². The van der Waals surface area contributed by atoms with E-state index in [0.29, 0.717) is 17.0 Å². The average molecular weight is 373 g/mol. The number of nitriles is 1. The average Bonchev–Trinajstić information content (AvgIpc) is 3.28. The first kappa shape index (κ1) is 17.4. The molecule has 4 rings (SSSR count). The van der Waals surface area contributed by atoms with Crippen molar-refractivity contribution in [2.24, 2.45) is 0 Å². The molecule has 3 amide bonds. The second-order valence-corrected chi connectivity index (χ2v) is 6.48. The zero-order valence-electron chi connectivity index (χ0n) is 14.9. The highest BCUT2D eigenvalue weighted by Gasteiger charge is 2.49. The maximum atomic E-state index is 13.1. The number of nitrogens with zero attached hydrogens (tertiary/aromatic N) is 6. The van der Waals surface area contributed by atoms with Gasteiger partial charge in [-0.3, -0.25) is 9.69 Å². The molecule has 0 bridgehead atoms. The molecule has 9 heteroatoms. The molecular formula is C19H15N7O2. The van der Waals surface area contributed by atoms with Gasteiger partial charge >= 0.3 is 6.03 Å². The Morgan fingerprint density at radius 1 is 1.11 bits per heavy atom. The number of urea groups is 1. The topological polar surface area (TPSA) is 117 Å². The number of aromatic nitrogens is 4. The maximum absolute atomic E-state index is 13.1. The lowest BCUT2D eigenvalue weighted by Gasteiger charge is -2.22. The molecule has 2 aromatic carbocycles. The summed E-state index contributed by atoms with van der Waals surface area (Å²) in [6.45, 7) is 1.56. The van der Waals surface area contributed by atoms with Crippen LogP contribution in [0.2, 0.25) is 0 Å². The molecule has 0 spiro atoms. The van der Waals surface area contributed by atoms with Gasteiger partial charge in [0.1, 0.15) is 5.54 Å². The number of nitrogens with one attached hydrogen (secondary N) is 1. The van der Waals surface area contributed by atoms with E-state index in [1.807, 2.05) is 36.4 Å². The van der Waals surface area contributed by atoms with Crippen molar-refractivity contribution in [3.05, 3.63) is 71.5 Å². The second-order valence-electron chi connectivity index (χ2n) is 6.48. The van der Waals surface area contributed by atoms with Crippen molar-refractivity contribution in [1.29, 1.82) is 5.26 Å². The molecule has 3 aromatic rings. The van der Waals surface area contributed by atoms with E-state index >= 15 is 0 Å². The molecule has 0 aliphatic carbocycles. The van der Waals surface area contributed by atoms with Crippen LogP contribution in [0.5, 0.6) is 0 Å². The largest absolute Gasteiger partial charge is 0.325 e. The molecule has 1 aliphatic rings. The minimum Gasteiger partial charge on any atom is -0.319 e. The van der Waals surface area contributed by atoms with Crippen molar-refractivity contribution in [3.8, 4) is 11.8 Å². The Morgan fingerprint density at radius 2 is 1.82 bits per heavy atom. The van der Waals surface area contributed by atoms with Crippen molar-refractivity contribution < 1.29 is 9.59 Å². The zero-order valence-corrected chi connectivity index (χ0v) is 14.9. The lowest BCUT2D eigenvalue weighted by atomic mass is 9.91. The fourth-order valence-corrected chi connectivity index (χ4v) is 3.13. The van der Waals surface area contributed by atoms with Crippen molar-refractivity contribution in [2.45, 2.75) is 19.0 Å². The molecular weight excluding hydrogens is 358 g/mol. The summed E-state index contributed by atoms with van der Waals surface area (Å²) >= 11 is 0. The lowest BCUT2D eigenvalue weighted by Crippen LogP contribution is -2.40. The Bertz CT molecular complexity index is 1090. The van der Waals surface area contributed by atoms with Crippen LogP contribution in [-0.4, -0.2) is 37.0 Å². The number of carbonyl (C=O) groups is 2. The van der Waals surface area contributed by atoms with E-state index in [0.717, 1.165) is 10.6 Å². The normalized spacial score (nSPS) is 18.8. The Kier molecular flexibility index (Phi) is 4.08. The standard InChI is InChI=1S/C19H15N7O2/c1-19(14-9-7-13(11-20)8-10-14)17(27)25(18(28)21-19)12-16-22-23-24-26(16)15-5-3-2-4-6-15/h2-10H,12H2,1H3,(H,21,28). The Labute approximate surface area is 160 Å². The summed E-state index contributed by atoms with van der Waals surface area (Å²) in [4.78, 5) is 26.7. The summed E-state index contributed by atoms with van der Waals surface area (Å²) in [6.07, 6.45) is 0. The van der Waals surface area contributed by atoms with Gasteiger partial charge in [0.15, 0.2) is 5.82 Å². The van der Waals surface area contributed by atoms with Gasteiger partial charge in [0.05, 0.1) is 23.9 Å². The summed E-state index contributed by atoms with van der Waals surface area (Å²) in [5.74, 6) is -0.0522. The van der Waals surface area contributed by atoms with E-state index in [-0.39, 0.29) is 6.54 Å². The van der Waals surface area contributed by atoms with Crippen LogP contribution < -0.4 is 5.32 Å². The number of rotatable bonds is 4. The lowest BCUT2D eigenvalue weighted by molar-refractivity contribution is -0.131. The number of imide groups is 1. The van der Waals surface area contributed by atoms with Gasteiger partial charge in [0.25, 0.3) is 5.91 Å². The van der Waals surface area contributed by atoms with Gasteiger partial charge in [0, 0.05) is 0 Å². The fraction of sp³-hybridized carbons (Fsp3) is 0.158. The van der Waals surface area contributed by atoms with Gasteiger partial charge in [-0.1, -0.05) is 30.3 Å². The second kappa shape index (κ2) is 6.59. The first-order valence-electron chi connectivity index (χ1n) is 8.50. The molecule has 28 heavy (non-hydrogen) atoms. The molecule has 9 nitrogen and oxygen atoms in total. The van der Waals surface area contributed by atoms with Gasteiger partial charge in [-0.25, -0.2) is 4.79 Å². The number of carbonyl (C=O) groups excluding carboxylic acids is 2. The van der Waals surface area contributed by atoms with E-state index < -0.39 is 17.5 Å². The van der Waals surface area contributed by atoms with Gasteiger partial charge in [-0.15, -0.1) is 5.10 Å². The summed E-state index contributed by atoms with van der Waals surface area (Å²) in [5, 5.41) is 23.2. The van der Waals surface area contributed by atoms with Gasteiger partial charge in [0.2, 0.25) is 0 Å². The molecule has 1 aliphatic heterocycles. The smallest absolute Gasteiger partial charge is 0.319 e. The van der Waals surface area contributed by atoms with Gasteiger partial charge in [-0.2, -0.15) is 9.94 Å². The monoisotopic (exact) mass is 373 g/mol. The Morgan fingerprint density at radius 3 is 2.50 bits per heavy atom. The third kappa shape index (κ3) is 2.77. The molecule has 1 N–H and O–H groups in total. The highest BCUT2D eigenvalue weighted by molar-refractivity contribution is 6.07. The van der Waals surface area contributed by atoms with Crippen LogP contribution in [0.4, 0.5) is 4.79 Å². The third-order valence-electron chi connectivity index (χ3n) is 4.70. The van der Waals surface area contributed by atoms with Crippen LogP contribution >= 0.6 is 0 Å². The third-order valence-corrected chi connectivity index (χ3v) is 4.70. The van der Waals surface area contributed by atoms with Crippen LogP contribution in [-0.2, 0) is 16.9 Å². The number of tetrazole rings is 1. The summed E-state index contributed by atoms with van der Waals surface area (Å²) < 4.78 is 1.48. The highest BCUT2D eigenvalue weighted by atomic mass is 16.2. The molecule has 1 fully saturated rings. The number of benzene rings is 2. The van der Waals surface area contributed by atoms with Crippen LogP contribution in [0.25, 0.3) is 5.69 Å². The molecule has 1 aromatic heterocycles. The minimum absolute atomic E-state index is 0.0710. The number of hydrogen-bond acceptors (Lipinski definition) is 6. The van der Waals surface area contributed by atoms with Crippen LogP contribution in [0.15, 0.2) is 54.6 Å². The van der Waals surface area contributed by atoms with E-state index in [4.69, 9.17) is 5.26 Å². The fourth-order valence-electron chi connectivity index (χ4n) is 3.13. The van der Waals surface area contributed by atoms with E-state index in [1.165, 1.54) is 4.68 Å². The van der Waals surface area contributed by atoms with E-state index in [1.54, 1.807) is 31.2 Å². The molecule has 0 radical (unpaired) electrons. The van der Waals surface area contributed by atoms with Crippen molar-refractivity contribution >= 4 is 11.9 Å². The summed E-state index contributed by atoms with van der Waals surface area (Å²) in [7, 11) is 0. The van der Waals surface area contributed by atoms with Crippen molar-refractivity contribution in [1.82, 2.24) is 30.4 Å². The maximum Gasteiger partial charge on any atom is 0.325 e. The van der Waals surface area contributed by atoms with Crippen molar-refractivity contribution in [3.63, 3.8) is 0 Å². The minimum atomic E-state index is -1.23. The molecule has 1 unspecified atom stereocenters. The number of hydrogen-bond donors (Lipinski definition) is 1. The molecule has 1 atom stereocenters. The molecule has 2 heterocycles. The number of amides is 3. The van der Waals surface area contributed by atoms with Gasteiger partial charge in [-0.05, 0) is 47.2 Å². The predicted octanol–water partition coefficient (Wildman–Crippen LogP) is 1.50. The SMILES string of the molecule is CC1(c2ccc(C#N)cc2)NC(=O)N(Cc2nnnn2-c2ccccc2)C1=O. The van der Waals surface area contributed by atoms with Crippen molar-refractivity contribution in [2.75, 3.05) is 0 Å². The quantitative estimate of drug-likeness (QED) is 0.693. The van der Waals surface area contributed by atoms with Crippen LogP contribution in [0.3, 0.4) is 0 Å². The van der Waals surface area contributed by atoms with Crippen LogP contribution in [0.1, 0.15) is 23.9 Å². The number of para-hydroxylation sites is 1.